The number of nitrogens with zero attached hydrogens (tertiary/aromatic N) is 3. The van der Waals surface area contributed by atoms with E-state index in [9.17, 15) is 4.79 Å². The highest BCUT2D eigenvalue weighted by Gasteiger charge is 2.20. The summed E-state index contributed by atoms with van der Waals surface area (Å²) in [5.41, 5.74) is 4.52. The Bertz CT molecular complexity index is 1070. The van der Waals surface area contributed by atoms with E-state index in [4.69, 9.17) is 0 Å². The van der Waals surface area contributed by atoms with Crippen molar-refractivity contribution < 1.29 is 0 Å². The van der Waals surface area contributed by atoms with Gasteiger partial charge in [0.15, 0.2) is 0 Å². The first-order chi connectivity index (χ1) is 14.7. The largest absolute Gasteiger partial charge is 0.369 e. The SMILES string of the molecule is CN1CCN(c2ccc(Nc3ccc4ccc(=O)n(C5CCCC5)c4c3)cc2)CC1. The maximum absolute atomic E-state index is 12.6. The first-order valence-electron chi connectivity index (χ1n) is 11.1. The van der Waals surface area contributed by atoms with Gasteiger partial charge in [0.05, 0.1) is 5.52 Å². The number of rotatable bonds is 4. The minimum atomic E-state index is 0.114. The summed E-state index contributed by atoms with van der Waals surface area (Å²) in [5, 5.41) is 4.65. The van der Waals surface area contributed by atoms with Crippen molar-refractivity contribution >= 4 is 28.0 Å². The molecule has 0 radical (unpaired) electrons. The molecule has 0 unspecified atom stereocenters. The molecule has 5 heteroatoms. The molecule has 3 aromatic rings. The lowest BCUT2D eigenvalue weighted by atomic mass is 10.1. The predicted molar refractivity (Wildman–Crippen MR) is 125 cm³/mol. The van der Waals surface area contributed by atoms with E-state index in [1.807, 2.05) is 10.6 Å². The Morgan fingerprint density at radius 3 is 2.23 bits per heavy atom. The van der Waals surface area contributed by atoms with Gasteiger partial charge in [-0.3, -0.25) is 4.79 Å². The van der Waals surface area contributed by atoms with E-state index >= 15 is 0 Å². The molecule has 2 heterocycles. The van der Waals surface area contributed by atoms with Crippen LogP contribution in [0.3, 0.4) is 0 Å². The van der Waals surface area contributed by atoms with Gasteiger partial charge in [-0.15, -0.1) is 0 Å². The van der Waals surface area contributed by atoms with E-state index in [2.05, 4.69) is 64.6 Å². The lowest BCUT2D eigenvalue weighted by molar-refractivity contribution is 0.313. The van der Waals surface area contributed by atoms with E-state index in [0.29, 0.717) is 6.04 Å². The number of aromatic nitrogens is 1. The maximum atomic E-state index is 12.6. The zero-order valence-electron chi connectivity index (χ0n) is 17.7. The third-order valence-corrected chi connectivity index (χ3v) is 6.65. The van der Waals surface area contributed by atoms with E-state index in [0.717, 1.165) is 61.3 Å². The number of nitrogens with one attached hydrogen (secondary N) is 1. The average molecular weight is 403 g/mol. The third-order valence-electron chi connectivity index (χ3n) is 6.65. The lowest BCUT2D eigenvalue weighted by Crippen LogP contribution is -2.44. The summed E-state index contributed by atoms with van der Waals surface area (Å²) in [7, 11) is 2.18. The number of anilines is 3. The molecule has 1 aromatic heterocycles. The molecule has 0 amide bonds. The van der Waals surface area contributed by atoms with Gasteiger partial charge in [0.2, 0.25) is 0 Å². The molecular formula is C25H30N4O. The van der Waals surface area contributed by atoms with Crippen LogP contribution in [-0.2, 0) is 0 Å². The highest BCUT2D eigenvalue weighted by atomic mass is 16.1. The Kier molecular flexibility index (Phi) is 5.21. The van der Waals surface area contributed by atoms with Crippen molar-refractivity contribution in [2.45, 2.75) is 31.7 Å². The Morgan fingerprint density at radius 1 is 0.833 bits per heavy atom. The van der Waals surface area contributed by atoms with Crippen molar-refractivity contribution in [2.24, 2.45) is 0 Å². The molecule has 1 aliphatic carbocycles. The van der Waals surface area contributed by atoms with E-state index < -0.39 is 0 Å². The smallest absolute Gasteiger partial charge is 0.251 e. The second-order valence-corrected chi connectivity index (χ2v) is 8.72. The molecule has 1 saturated heterocycles. The van der Waals surface area contributed by atoms with Crippen molar-refractivity contribution in [1.29, 1.82) is 0 Å². The molecule has 156 valence electrons. The quantitative estimate of drug-likeness (QED) is 0.692. The van der Waals surface area contributed by atoms with Crippen molar-refractivity contribution in [3.63, 3.8) is 0 Å². The van der Waals surface area contributed by atoms with Crippen LogP contribution in [0.2, 0.25) is 0 Å². The molecule has 0 bridgehead atoms. The van der Waals surface area contributed by atoms with Crippen molar-refractivity contribution in [3.05, 3.63) is 65.0 Å². The van der Waals surface area contributed by atoms with Gasteiger partial charge in [-0.2, -0.15) is 0 Å². The van der Waals surface area contributed by atoms with E-state index in [-0.39, 0.29) is 5.56 Å². The Hall–Kier alpha value is -2.79. The van der Waals surface area contributed by atoms with Crippen LogP contribution in [0.25, 0.3) is 10.9 Å². The normalized spacial score (nSPS) is 18.2. The van der Waals surface area contributed by atoms with Crippen LogP contribution in [0.1, 0.15) is 31.7 Å². The predicted octanol–water partition coefficient (Wildman–Crippen LogP) is 4.61. The minimum absolute atomic E-state index is 0.114. The minimum Gasteiger partial charge on any atom is -0.369 e. The highest BCUT2D eigenvalue weighted by molar-refractivity contribution is 5.84. The summed E-state index contributed by atoms with van der Waals surface area (Å²) in [5.74, 6) is 0. The molecule has 30 heavy (non-hydrogen) atoms. The molecule has 0 atom stereocenters. The van der Waals surface area contributed by atoms with Crippen LogP contribution in [0.4, 0.5) is 17.1 Å². The molecule has 2 aromatic carbocycles. The molecule has 2 aliphatic rings. The fourth-order valence-corrected chi connectivity index (χ4v) is 4.86. The van der Waals surface area contributed by atoms with Gasteiger partial charge in [-0.05, 0) is 67.7 Å². The number of pyridine rings is 1. The monoisotopic (exact) mass is 402 g/mol. The first-order valence-corrected chi connectivity index (χ1v) is 11.1. The van der Waals surface area contributed by atoms with Crippen LogP contribution in [0, 0.1) is 0 Å². The summed E-state index contributed by atoms with van der Waals surface area (Å²) < 4.78 is 2.02. The molecule has 1 N–H and O–H groups in total. The number of likely N-dealkylation sites (N-methyl/N-ethyl adjacent to an activating group) is 1. The second-order valence-electron chi connectivity index (χ2n) is 8.72. The summed E-state index contributed by atoms with van der Waals surface area (Å²) >= 11 is 0. The number of fused-ring (bicyclic) bond motifs is 1. The fraction of sp³-hybridized carbons (Fsp3) is 0.400. The van der Waals surface area contributed by atoms with Gasteiger partial charge in [0, 0.05) is 55.3 Å². The van der Waals surface area contributed by atoms with Gasteiger partial charge < -0.3 is 19.7 Å². The van der Waals surface area contributed by atoms with Crippen molar-refractivity contribution in [1.82, 2.24) is 9.47 Å². The van der Waals surface area contributed by atoms with Crippen LogP contribution in [-0.4, -0.2) is 42.7 Å². The molecule has 1 saturated carbocycles. The molecule has 0 spiro atoms. The van der Waals surface area contributed by atoms with Crippen LogP contribution < -0.4 is 15.8 Å². The number of hydrogen-bond donors (Lipinski definition) is 1. The van der Waals surface area contributed by atoms with Gasteiger partial charge in [-0.1, -0.05) is 18.9 Å². The maximum Gasteiger partial charge on any atom is 0.251 e. The molecule has 2 fully saturated rings. The number of benzene rings is 2. The summed E-state index contributed by atoms with van der Waals surface area (Å²) in [4.78, 5) is 17.4. The third kappa shape index (κ3) is 3.82. The topological polar surface area (TPSA) is 40.5 Å². The molecule has 5 nitrogen and oxygen atoms in total. The van der Waals surface area contributed by atoms with Crippen LogP contribution in [0.15, 0.2) is 59.4 Å². The van der Waals surface area contributed by atoms with Crippen molar-refractivity contribution in [2.75, 3.05) is 43.4 Å². The number of hydrogen-bond acceptors (Lipinski definition) is 4. The molecule has 1 aliphatic heterocycles. The van der Waals surface area contributed by atoms with Crippen LogP contribution >= 0.6 is 0 Å². The Labute approximate surface area is 177 Å². The summed E-state index contributed by atoms with van der Waals surface area (Å²) in [6.07, 6.45) is 4.63. The first kappa shape index (κ1) is 19.2. The zero-order valence-corrected chi connectivity index (χ0v) is 17.7. The zero-order chi connectivity index (χ0) is 20.5. The second kappa shape index (κ2) is 8.15. The van der Waals surface area contributed by atoms with E-state index in [1.165, 1.54) is 18.5 Å². The molecule has 5 rings (SSSR count). The van der Waals surface area contributed by atoms with Gasteiger partial charge in [0.1, 0.15) is 0 Å². The summed E-state index contributed by atoms with van der Waals surface area (Å²) in [6.45, 7) is 4.37. The standard InChI is InChI=1S/C25H30N4O/c1-27-14-16-28(17-15-27)22-11-9-20(10-12-22)26-21-8-6-19-7-13-25(30)29(24(19)18-21)23-4-2-3-5-23/h6-13,18,23,26H,2-5,14-17H2,1H3. The van der Waals surface area contributed by atoms with Gasteiger partial charge in [-0.25, -0.2) is 0 Å². The summed E-state index contributed by atoms with van der Waals surface area (Å²) in [6, 6.07) is 19.0. The lowest BCUT2D eigenvalue weighted by Gasteiger charge is -2.34. The van der Waals surface area contributed by atoms with Gasteiger partial charge in [0.25, 0.3) is 5.56 Å². The van der Waals surface area contributed by atoms with Crippen molar-refractivity contribution in [3.8, 4) is 0 Å². The van der Waals surface area contributed by atoms with Crippen LogP contribution in [0.5, 0.6) is 0 Å². The van der Waals surface area contributed by atoms with Gasteiger partial charge >= 0.3 is 0 Å². The van der Waals surface area contributed by atoms with E-state index in [1.54, 1.807) is 6.07 Å². The fourth-order valence-electron chi connectivity index (χ4n) is 4.86. The average Bonchev–Trinajstić information content (AvgIpc) is 3.29. The highest BCUT2D eigenvalue weighted by Crippen LogP contribution is 2.32. The Balaban J connectivity index is 1.39. The molecular weight excluding hydrogens is 372 g/mol. The number of piperazine rings is 1. The Morgan fingerprint density at radius 2 is 1.50 bits per heavy atom.